The molecule has 0 spiro atoms. The topological polar surface area (TPSA) is 170 Å². The van der Waals surface area contributed by atoms with Crippen LogP contribution in [-0.4, -0.2) is 79.8 Å². The van der Waals surface area contributed by atoms with Crippen molar-refractivity contribution in [3.63, 3.8) is 0 Å². The monoisotopic (exact) mass is 549 g/mol. The van der Waals surface area contributed by atoms with Gasteiger partial charge in [-0.05, 0) is 27.7 Å². The van der Waals surface area contributed by atoms with Crippen molar-refractivity contribution < 1.29 is 41.9 Å². The Balaban J connectivity index is 1.46. The summed E-state index contributed by atoms with van der Waals surface area (Å²) in [5.74, 6) is 0.217. The summed E-state index contributed by atoms with van der Waals surface area (Å²) in [4.78, 5) is 24.5. The van der Waals surface area contributed by atoms with Crippen LogP contribution in [0.5, 0.6) is 5.88 Å². The molecule has 2 fully saturated rings. The molecular formula is C20H29FN5O8PS. The summed E-state index contributed by atoms with van der Waals surface area (Å²) in [6, 6.07) is 0. The zero-order valence-corrected chi connectivity index (χ0v) is 22.0. The van der Waals surface area contributed by atoms with Gasteiger partial charge in [0, 0.05) is 5.75 Å². The number of halogens is 1. The molecule has 4 heterocycles. The molecule has 2 saturated heterocycles. The summed E-state index contributed by atoms with van der Waals surface area (Å²) in [6.07, 6.45) is -2.10. The number of phosphoric acid groups is 1. The Morgan fingerprint density at radius 1 is 1.47 bits per heavy atom. The Morgan fingerprint density at radius 2 is 2.22 bits per heavy atom. The molecule has 0 saturated carbocycles. The number of carbonyl (C=O) groups is 1. The number of phosphoric ester groups is 1. The van der Waals surface area contributed by atoms with Crippen molar-refractivity contribution in [2.24, 2.45) is 5.41 Å². The number of alkyl halides is 1. The first kappa shape index (κ1) is 27.2. The minimum absolute atomic E-state index is 0.0834. The van der Waals surface area contributed by atoms with Crippen LogP contribution in [0.3, 0.4) is 0 Å². The van der Waals surface area contributed by atoms with Crippen LogP contribution in [0.25, 0.3) is 11.2 Å². The van der Waals surface area contributed by atoms with Gasteiger partial charge in [0.1, 0.15) is 12.2 Å². The second kappa shape index (κ2) is 10.1. The molecule has 2 aromatic heterocycles. The Hall–Kier alpha value is -1.87. The minimum atomic E-state index is -4.13. The Kier molecular flexibility index (Phi) is 7.64. The molecule has 0 unspecified atom stereocenters. The number of ether oxygens (including phenoxy) is 2. The lowest BCUT2D eigenvalue weighted by Gasteiger charge is -2.33. The molecule has 16 heteroatoms. The number of thioether (sulfide) groups is 1. The standard InChI is InChI=1S/C20H29FN5O8PS/c1-5-30-15-12-14(24-18(22)25-15)26(10-23-12)16-20(4,21)13-11(33-16)8-32-35(29,34-13)31-6-7-36-17(28)19(2,3)9-27/h10-11,13,16,27H,5-9H2,1-4H3,(H2,22,24,25)/t11-,13-,16-,20-,35-/m1/s1. The molecule has 2 aliphatic rings. The van der Waals surface area contributed by atoms with E-state index in [9.17, 15) is 14.5 Å². The molecule has 0 radical (unpaired) electrons. The van der Waals surface area contributed by atoms with E-state index in [1.54, 1.807) is 20.8 Å². The molecule has 13 nitrogen and oxygen atoms in total. The number of imidazole rings is 1. The maximum absolute atomic E-state index is 16.2. The van der Waals surface area contributed by atoms with Crippen molar-refractivity contribution in [1.82, 2.24) is 19.5 Å². The van der Waals surface area contributed by atoms with Gasteiger partial charge in [-0.25, -0.2) is 13.9 Å². The third kappa shape index (κ3) is 5.10. The number of anilines is 1. The average molecular weight is 550 g/mol. The van der Waals surface area contributed by atoms with Gasteiger partial charge >= 0.3 is 7.82 Å². The van der Waals surface area contributed by atoms with Crippen molar-refractivity contribution >= 4 is 41.8 Å². The van der Waals surface area contributed by atoms with E-state index >= 15 is 4.39 Å². The number of nitrogen functional groups attached to an aromatic ring is 1. The summed E-state index contributed by atoms with van der Waals surface area (Å²) in [7, 11) is -4.13. The molecule has 36 heavy (non-hydrogen) atoms. The molecule has 3 N–H and O–H groups in total. The first-order valence-corrected chi connectivity index (χ1v) is 13.7. The number of nitrogens with two attached hydrogens (primary N) is 1. The molecule has 5 atom stereocenters. The Labute approximate surface area is 210 Å². The number of fused-ring (bicyclic) bond motifs is 2. The zero-order chi connectivity index (χ0) is 26.3. The van der Waals surface area contributed by atoms with Crippen LogP contribution in [0.15, 0.2) is 6.33 Å². The van der Waals surface area contributed by atoms with Gasteiger partial charge in [-0.2, -0.15) is 9.97 Å². The number of aliphatic hydroxyl groups is 1. The highest BCUT2D eigenvalue weighted by Crippen LogP contribution is 2.59. The normalized spacial score (nSPS) is 30.4. The van der Waals surface area contributed by atoms with Gasteiger partial charge < -0.3 is 20.3 Å². The lowest BCUT2D eigenvalue weighted by molar-refractivity contribution is -0.119. The quantitative estimate of drug-likeness (QED) is 0.345. The van der Waals surface area contributed by atoms with Crippen molar-refractivity contribution in [3.8, 4) is 5.88 Å². The Morgan fingerprint density at radius 3 is 2.92 bits per heavy atom. The van der Waals surface area contributed by atoms with Gasteiger partial charge in [0.25, 0.3) is 0 Å². The fraction of sp³-hybridized carbons (Fsp3) is 0.700. The maximum atomic E-state index is 16.2. The number of aliphatic hydroxyl groups excluding tert-OH is 1. The van der Waals surface area contributed by atoms with E-state index < -0.39 is 37.3 Å². The van der Waals surface area contributed by atoms with Crippen molar-refractivity contribution in [2.45, 2.75) is 51.8 Å². The fourth-order valence-electron chi connectivity index (χ4n) is 3.77. The highest BCUT2D eigenvalue weighted by atomic mass is 32.2. The van der Waals surface area contributed by atoms with E-state index in [0.29, 0.717) is 6.61 Å². The van der Waals surface area contributed by atoms with E-state index in [4.69, 9.17) is 28.8 Å². The van der Waals surface area contributed by atoms with Crippen LogP contribution in [-0.2, 0) is 27.7 Å². The summed E-state index contributed by atoms with van der Waals surface area (Å²) in [6.45, 7) is 5.87. The van der Waals surface area contributed by atoms with Gasteiger partial charge in [0.2, 0.25) is 11.8 Å². The van der Waals surface area contributed by atoms with E-state index in [0.717, 1.165) is 11.8 Å². The third-order valence-corrected chi connectivity index (χ3v) is 8.41. The molecule has 0 aliphatic carbocycles. The molecule has 2 aliphatic heterocycles. The SMILES string of the molecule is CCOc1nc(N)nc2c1ncn2[C@@H]1O[C@@H]2CO[P@@](=O)(OCCSC(=O)C(C)(C)CO)O[C@H]2[C@@]1(C)F. The molecule has 200 valence electrons. The van der Waals surface area contributed by atoms with E-state index in [1.165, 1.54) is 17.8 Å². The van der Waals surface area contributed by atoms with Crippen LogP contribution in [0.2, 0.25) is 0 Å². The average Bonchev–Trinajstić information content (AvgIpc) is 3.34. The first-order chi connectivity index (χ1) is 16.9. The van der Waals surface area contributed by atoms with Crippen LogP contribution in [0, 0.1) is 5.41 Å². The molecular weight excluding hydrogens is 520 g/mol. The summed E-state index contributed by atoms with van der Waals surface area (Å²) in [5, 5.41) is 9.03. The molecule has 4 rings (SSSR count). The van der Waals surface area contributed by atoms with Gasteiger partial charge in [0.05, 0.1) is 38.2 Å². The number of hydrogen-bond donors (Lipinski definition) is 2. The first-order valence-electron chi connectivity index (χ1n) is 11.2. The highest BCUT2D eigenvalue weighted by molar-refractivity contribution is 8.13. The summed E-state index contributed by atoms with van der Waals surface area (Å²) in [5.41, 5.74) is 3.17. The number of aromatic nitrogens is 4. The number of carbonyl (C=O) groups excluding carboxylic acids is 1. The second-order valence-electron chi connectivity index (χ2n) is 9.10. The van der Waals surface area contributed by atoms with Crippen LogP contribution < -0.4 is 10.5 Å². The fourth-order valence-corrected chi connectivity index (χ4v) is 6.16. The second-order valence-corrected chi connectivity index (χ2v) is 11.8. The number of hydrogen-bond acceptors (Lipinski definition) is 13. The van der Waals surface area contributed by atoms with Crippen LogP contribution in [0.1, 0.15) is 33.9 Å². The maximum Gasteiger partial charge on any atom is 0.475 e. The molecule has 0 amide bonds. The van der Waals surface area contributed by atoms with Gasteiger partial charge in [-0.15, -0.1) is 0 Å². The molecule has 0 bridgehead atoms. The van der Waals surface area contributed by atoms with Gasteiger partial charge in [-0.1, -0.05) is 11.8 Å². The molecule has 2 aromatic rings. The zero-order valence-electron chi connectivity index (χ0n) is 20.2. The van der Waals surface area contributed by atoms with Crippen LogP contribution >= 0.6 is 19.6 Å². The molecule has 0 aromatic carbocycles. The third-order valence-electron chi connectivity index (χ3n) is 5.77. The lowest BCUT2D eigenvalue weighted by atomic mass is 9.97. The van der Waals surface area contributed by atoms with Gasteiger partial charge in [0.15, 0.2) is 28.2 Å². The largest absolute Gasteiger partial charge is 0.476 e. The van der Waals surface area contributed by atoms with Crippen molar-refractivity contribution in [2.75, 3.05) is 37.9 Å². The summed E-state index contributed by atoms with van der Waals surface area (Å²) >= 11 is 0.922. The van der Waals surface area contributed by atoms with E-state index in [-0.39, 0.29) is 53.7 Å². The van der Waals surface area contributed by atoms with Crippen molar-refractivity contribution in [3.05, 3.63) is 6.33 Å². The van der Waals surface area contributed by atoms with Crippen molar-refractivity contribution in [1.29, 1.82) is 0 Å². The highest BCUT2D eigenvalue weighted by Gasteiger charge is 2.61. The number of rotatable bonds is 9. The van der Waals surface area contributed by atoms with Crippen LogP contribution in [0.4, 0.5) is 10.3 Å². The smallest absolute Gasteiger partial charge is 0.475 e. The summed E-state index contributed by atoms with van der Waals surface area (Å²) < 4.78 is 58.0. The van der Waals surface area contributed by atoms with E-state index in [1.807, 2.05) is 0 Å². The van der Waals surface area contributed by atoms with Gasteiger partial charge in [-0.3, -0.25) is 22.9 Å². The lowest BCUT2D eigenvalue weighted by Crippen LogP contribution is -2.44. The van der Waals surface area contributed by atoms with E-state index in [2.05, 4.69) is 15.0 Å². The number of nitrogens with zero attached hydrogens (tertiary/aromatic N) is 4. The minimum Gasteiger partial charge on any atom is -0.476 e. The predicted molar refractivity (Wildman–Crippen MR) is 127 cm³/mol. The Bertz CT molecular complexity index is 1180. The predicted octanol–water partition coefficient (Wildman–Crippen LogP) is 2.25.